The van der Waals surface area contributed by atoms with Crippen molar-refractivity contribution >= 4 is 41.8 Å². The molecule has 2 rings (SSSR count). The number of nitrogens with two attached hydrogens (primary N) is 1. The van der Waals surface area contributed by atoms with Crippen molar-refractivity contribution in [3.8, 4) is 0 Å². The smallest absolute Gasteiger partial charge is 0.287 e. The van der Waals surface area contributed by atoms with E-state index in [0.717, 1.165) is 5.69 Å². The third-order valence-electron chi connectivity index (χ3n) is 3.83. The fourth-order valence-corrected chi connectivity index (χ4v) is 1.89. The summed E-state index contributed by atoms with van der Waals surface area (Å²) in [6.07, 6.45) is 0. The molecule has 0 saturated heterocycles. The van der Waals surface area contributed by atoms with E-state index in [1.807, 2.05) is 39.8 Å². The Morgan fingerprint density at radius 2 is 2.05 bits per heavy atom. The molecule has 0 aliphatic rings. The number of fused-ring (bicyclic) bond motifs is 1. The highest BCUT2D eigenvalue weighted by molar-refractivity contribution is 5.95. The Kier molecular flexibility index (Phi) is 7.35. The highest BCUT2D eigenvalue weighted by Gasteiger charge is 2.30. The number of carbonyl (C=O) groups is 1. The molecule has 1 unspecified atom stereocenters. The van der Waals surface area contributed by atoms with Gasteiger partial charge in [0.05, 0.1) is 5.54 Å². The van der Waals surface area contributed by atoms with E-state index < -0.39 is 5.54 Å². The minimum Gasteiger partial charge on any atom is -0.449 e. The minimum absolute atomic E-state index is 0. The maximum Gasteiger partial charge on any atom is 0.287 e. The number of aromatic nitrogens is 1. The average Bonchev–Trinajstić information content (AvgIpc) is 2.81. The summed E-state index contributed by atoms with van der Waals surface area (Å²) in [6.45, 7) is 8.25. The monoisotopic (exact) mass is 347 g/mol. The largest absolute Gasteiger partial charge is 0.449 e. The topological polar surface area (TPSA) is 81.2 Å². The number of hydrogen-bond donors (Lipinski definition) is 2. The van der Waals surface area contributed by atoms with Crippen molar-refractivity contribution in [1.82, 2.24) is 10.3 Å². The van der Waals surface area contributed by atoms with Crippen LogP contribution in [0.3, 0.4) is 0 Å². The molecule has 0 spiro atoms. The molecule has 0 fully saturated rings. The molecule has 0 aromatic carbocycles. The van der Waals surface area contributed by atoms with E-state index in [2.05, 4.69) is 10.3 Å². The fourth-order valence-electron chi connectivity index (χ4n) is 1.89. The Bertz CT molecular complexity index is 643. The summed E-state index contributed by atoms with van der Waals surface area (Å²) >= 11 is 0. The maximum atomic E-state index is 12.3. The van der Waals surface area contributed by atoms with E-state index in [-0.39, 0.29) is 42.4 Å². The summed E-state index contributed by atoms with van der Waals surface area (Å²) in [5.74, 6) is 0.224. The molecule has 2 heterocycles. The normalized spacial score (nSPS) is 13.2. The second-order valence-corrected chi connectivity index (χ2v) is 5.68. The molecule has 2 aromatic heterocycles. The highest BCUT2D eigenvalue weighted by atomic mass is 35.5. The van der Waals surface area contributed by atoms with Crippen LogP contribution in [0.5, 0.6) is 0 Å². The van der Waals surface area contributed by atoms with Gasteiger partial charge in [-0.15, -0.1) is 24.8 Å². The van der Waals surface area contributed by atoms with Gasteiger partial charge in [0.1, 0.15) is 5.52 Å². The number of furan rings is 1. The molecule has 0 aliphatic heterocycles. The van der Waals surface area contributed by atoms with Crippen molar-refractivity contribution in [2.24, 2.45) is 11.7 Å². The first kappa shape index (κ1) is 20.7. The van der Waals surface area contributed by atoms with Gasteiger partial charge in [-0.1, -0.05) is 13.8 Å². The second-order valence-electron chi connectivity index (χ2n) is 5.68. The SMILES string of the molecule is Cc1ccc2oc(C(=O)NC(C)(CN)C(C)C)cc2n1.Cl.Cl. The van der Waals surface area contributed by atoms with E-state index in [1.165, 1.54) is 0 Å². The molecule has 0 aliphatic carbocycles. The van der Waals surface area contributed by atoms with Gasteiger partial charge in [-0.2, -0.15) is 0 Å². The lowest BCUT2D eigenvalue weighted by Crippen LogP contribution is -2.54. The summed E-state index contributed by atoms with van der Waals surface area (Å²) < 4.78 is 5.54. The van der Waals surface area contributed by atoms with Crippen LogP contribution in [0.15, 0.2) is 22.6 Å². The Morgan fingerprint density at radius 3 is 2.59 bits per heavy atom. The first-order valence-electron chi connectivity index (χ1n) is 6.75. The van der Waals surface area contributed by atoms with Gasteiger partial charge in [-0.25, -0.2) is 4.98 Å². The van der Waals surface area contributed by atoms with Crippen molar-refractivity contribution in [3.63, 3.8) is 0 Å². The van der Waals surface area contributed by atoms with Crippen LogP contribution < -0.4 is 11.1 Å². The van der Waals surface area contributed by atoms with Gasteiger partial charge < -0.3 is 15.5 Å². The van der Waals surface area contributed by atoms with Crippen LogP contribution in [0.4, 0.5) is 0 Å². The van der Waals surface area contributed by atoms with Crippen LogP contribution in [-0.2, 0) is 0 Å². The van der Waals surface area contributed by atoms with Crippen molar-refractivity contribution in [2.45, 2.75) is 33.2 Å². The zero-order valence-electron chi connectivity index (χ0n) is 13.2. The van der Waals surface area contributed by atoms with Gasteiger partial charge >= 0.3 is 0 Å². The molecule has 7 heteroatoms. The summed E-state index contributed by atoms with van der Waals surface area (Å²) in [6, 6.07) is 5.33. The van der Waals surface area contributed by atoms with E-state index in [1.54, 1.807) is 6.07 Å². The summed E-state index contributed by atoms with van der Waals surface area (Å²) in [7, 11) is 0. The number of pyridine rings is 1. The first-order valence-corrected chi connectivity index (χ1v) is 6.75. The van der Waals surface area contributed by atoms with Crippen molar-refractivity contribution in [3.05, 3.63) is 29.7 Å². The van der Waals surface area contributed by atoms with Crippen LogP contribution >= 0.6 is 24.8 Å². The first-order chi connectivity index (χ1) is 9.35. The third kappa shape index (κ3) is 4.12. The summed E-state index contributed by atoms with van der Waals surface area (Å²) in [5, 5.41) is 2.95. The summed E-state index contributed by atoms with van der Waals surface area (Å²) in [4.78, 5) is 16.6. The quantitative estimate of drug-likeness (QED) is 0.890. The number of nitrogens with zero attached hydrogens (tertiary/aromatic N) is 1. The average molecular weight is 348 g/mol. The molecule has 1 amide bonds. The molecule has 0 saturated carbocycles. The van der Waals surface area contributed by atoms with Gasteiger partial charge in [-0.05, 0) is 31.9 Å². The number of nitrogens with one attached hydrogen (secondary N) is 1. The molecule has 1 atom stereocenters. The molecular weight excluding hydrogens is 325 g/mol. The lowest BCUT2D eigenvalue weighted by molar-refractivity contribution is 0.0856. The fraction of sp³-hybridized carbons (Fsp3) is 0.467. The van der Waals surface area contributed by atoms with Crippen LogP contribution in [0, 0.1) is 12.8 Å². The van der Waals surface area contributed by atoms with E-state index in [4.69, 9.17) is 10.2 Å². The maximum absolute atomic E-state index is 12.3. The van der Waals surface area contributed by atoms with Crippen molar-refractivity contribution in [2.75, 3.05) is 6.54 Å². The molecule has 2 aromatic rings. The van der Waals surface area contributed by atoms with Crippen LogP contribution in [0.1, 0.15) is 37.0 Å². The molecule has 5 nitrogen and oxygen atoms in total. The zero-order valence-corrected chi connectivity index (χ0v) is 14.8. The molecule has 124 valence electrons. The Labute approximate surface area is 142 Å². The number of amides is 1. The Morgan fingerprint density at radius 1 is 1.41 bits per heavy atom. The number of aryl methyl sites for hydroxylation is 1. The van der Waals surface area contributed by atoms with Gasteiger partial charge in [0.25, 0.3) is 5.91 Å². The number of hydrogen-bond acceptors (Lipinski definition) is 4. The van der Waals surface area contributed by atoms with Crippen LogP contribution in [0.2, 0.25) is 0 Å². The van der Waals surface area contributed by atoms with Crippen LogP contribution in [0.25, 0.3) is 11.1 Å². The van der Waals surface area contributed by atoms with Gasteiger partial charge in [-0.3, -0.25) is 4.79 Å². The molecular formula is C15H23Cl2N3O2. The minimum atomic E-state index is -0.459. The molecule has 22 heavy (non-hydrogen) atoms. The predicted octanol–water partition coefficient (Wildman–Crippen LogP) is 3.08. The molecule has 3 N–H and O–H groups in total. The molecule has 0 bridgehead atoms. The summed E-state index contributed by atoms with van der Waals surface area (Å²) in [5.41, 5.74) is 7.50. The van der Waals surface area contributed by atoms with Gasteiger partial charge in [0.2, 0.25) is 0 Å². The Balaban J connectivity index is 0.00000220. The zero-order chi connectivity index (χ0) is 14.9. The third-order valence-corrected chi connectivity index (χ3v) is 3.83. The second kappa shape index (κ2) is 7.81. The van der Waals surface area contributed by atoms with Crippen LogP contribution in [-0.4, -0.2) is 23.0 Å². The Hall–Kier alpha value is -1.30. The lowest BCUT2D eigenvalue weighted by atomic mass is 9.88. The number of carbonyl (C=O) groups excluding carboxylic acids is 1. The standard InChI is InChI=1S/C15H21N3O2.2ClH/c1-9(2)15(4,8-16)18-14(19)13-7-11-12(20-13)6-5-10(3)17-11;;/h5-7,9H,8,16H2,1-4H3,(H,18,19);2*1H. The van der Waals surface area contributed by atoms with Crippen molar-refractivity contribution < 1.29 is 9.21 Å². The van der Waals surface area contributed by atoms with E-state index >= 15 is 0 Å². The number of halogens is 2. The van der Waals surface area contributed by atoms with Crippen molar-refractivity contribution in [1.29, 1.82) is 0 Å². The molecule has 0 radical (unpaired) electrons. The van der Waals surface area contributed by atoms with Gasteiger partial charge in [0.15, 0.2) is 11.3 Å². The highest BCUT2D eigenvalue weighted by Crippen LogP contribution is 2.20. The predicted molar refractivity (Wildman–Crippen MR) is 93.0 cm³/mol. The van der Waals surface area contributed by atoms with E-state index in [0.29, 0.717) is 17.6 Å². The van der Waals surface area contributed by atoms with E-state index in [9.17, 15) is 4.79 Å². The number of rotatable bonds is 4. The lowest BCUT2D eigenvalue weighted by Gasteiger charge is -2.33. The van der Waals surface area contributed by atoms with Gasteiger partial charge in [0, 0.05) is 18.3 Å².